The molecule has 2 heterocycles. The molecule has 1 aliphatic heterocycles. The minimum Gasteiger partial charge on any atom is -0.481 e. The Kier molecular flexibility index (Phi) is 11.9. The van der Waals surface area contributed by atoms with Crippen LogP contribution in [0.5, 0.6) is 0 Å². The zero-order chi connectivity index (χ0) is 33.2. The van der Waals surface area contributed by atoms with Gasteiger partial charge in [-0.1, -0.05) is 79.7 Å². The first-order valence-electron chi connectivity index (χ1n) is 16.1. The lowest BCUT2D eigenvalue weighted by Crippen LogP contribution is -2.43. The summed E-state index contributed by atoms with van der Waals surface area (Å²) in [6, 6.07) is 30.0. The van der Waals surface area contributed by atoms with Crippen LogP contribution in [0.15, 0.2) is 97.2 Å². The zero-order valence-corrected chi connectivity index (χ0v) is 26.9. The Labute approximate surface area is 276 Å². The maximum Gasteiger partial charge on any atom is 0.303 e. The number of aromatic nitrogens is 1. The molecule has 4 aromatic rings. The van der Waals surface area contributed by atoms with Crippen molar-refractivity contribution < 1.29 is 29.3 Å². The molecule has 4 unspecified atom stereocenters. The molecule has 3 aromatic carbocycles. The molecule has 9 nitrogen and oxygen atoms in total. The average molecular weight is 638 g/mol. The number of rotatable bonds is 14. The second-order valence-electron chi connectivity index (χ2n) is 12.1. The van der Waals surface area contributed by atoms with Crippen LogP contribution < -0.4 is 5.32 Å². The number of likely N-dealkylation sites (N-methyl/N-ethyl adjacent to an activating group) is 1. The molecule has 0 aliphatic carbocycles. The number of ether oxygens (including phenoxy) is 2. The number of nitrogens with one attached hydrogen (secondary N) is 1. The molecule has 246 valence electrons. The molecule has 5 rings (SSSR count). The number of aliphatic hydroxyl groups is 1. The van der Waals surface area contributed by atoms with Gasteiger partial charge >= 0.3 is 5.97 Å². The van der Waals surface area contributed by atoms with E-state index in [1.807, 2.05) is 97.2 Å². The fraction of sp³-hybridized carbons (Fsp3) is 0.342. The highest BCUT2D eigenvalue weighted by atomic mass is 16.7. The smallest absolute Gasteiger partial charge is 0.303 e. The van der Waals surface area contributed by atoms with E-state index in [1.165, 1.54) is 0 Å². The number of aliphatic carboxylic acids is 1. The first-order chi connectivity index (χ1) is 22.8. The summed E-state index contributed by atoms with van der Waals surface area (Å²) in [4.78, 5) is 29.5. The van der Waals surface area contributed by atoms with E-state index in [9.17, 15) is 14.7 Å². The first-order valence-corrected chi connectivity index (χ1v) is 16.1. The summed E-state index contributed by atoms with van der Waals surface area (Å²) < 4.78 is 13.3. The topological polar surface area (TPSA) is 121 Å². The molecular weight excluding hydrogens is 594 g/mol. The molecule has 1 aromatic heterocycles. The molecule has 1 aliphatic rings. The summed E-state index contributed by atoms with van der Waals surface area (Å²) in [6.45, 7) is 4.07. The maximum absolute atomic E-state index is 12.0. The number of pyridine rings is 1. The van der Waals surface area contributed by atoms with Gasteiger partial charge in [-0.2, -0.15) is 0 Å². The second kappa shape index (κ2) is 16.4. The van der Waals surface area contributed by atoms with Crippen LogP contribution in [0.4, 0.5) is 0 Å². The van der Waals surface area contributed by atoms with Crippen molar-refractivity contribution in [2.24, 2.45) is 5.92 Å². The number of carbonyl (C=O) groups is 2. The molecule has 3 N–H and O–H groups in total. The van der Waals surface area contributed by atoms with Crippen molar-refractivity contribution in [1.82, 2.24) is 15.2 Å². The van der Waals surface area contributed by atoms with Crippen LogP contribution in [-0.2, 0) is 38.6 Å². The van der Waals surface area contributed by atoms with Crippen LogP contribution in [0, 0.1) is 5.92 Å². The standard InChI is InChI=1S/C38H43N3O6/c1-26-34(24-41(2)21-19-33-8-3-4-20-39-33)46-38(47-37(26)30-11-9-27(25-42)10-12-30)31-15-13-29(14-16-31)32-7-5-6-28(22-32)23-40-35(43)17-18-36(44)45/h3-16,20,22,26,34,37-38,42H,17-19,21,23-25H2,1-2H3,(H,40,43)(H,44,45). The number of hydrogen-bond acceptors (Lipinski definition) is 7. The molecule has 0 saturated carbocycles. The predicted octanol–water partition coefficient (Wildman–Crippen LogP) is 5.69. The molecule has 4 atom stereocenters. The van der Waals surface area contributed by atoms with E-state index in [-0.39, 0.29) is 43.5 Å². The van der Waals surface area contributed by atoms with Gasteiger partial charge in [0.25, 0.3) is 0 Å². The summed E-state index contributed by atoms with van der Waals surface area (Å²) in [5, 5.41) is 21.2. The molecule has 47 heavy (non-hydrogen) atoms. The summed E-state index contributed by atoms with van der Waals surface area (Å²) in [5.74, 6) is -1.20. The van der Waals surface area contributed by atoms with E-state index in [0.29, 0.717) is 6.54 Å². The SMILES string of the molecule is CC1C(CN(C)CCc2ccccn2)OC(c2ccc(-c3cccc(CNC(=O)CCC(=O)O)c3)cc2)OC1c1ccc(CO)cc1. The van der Waals surface area contributed by atoms with Gasteiger partial charge in [-0.05, 0) is 53.1 Å². The van der Waals surface area contributed by atoms with Crippen LogP contribution in [0.3, 0.4) is 0 Å². The predicted molar refractivity (Wildman–Crippen MR) is 179 cm³/mol. The van der Waals surface area contributed by atoms with E-state index in [2.05, 4.69) is 29.2 Å². The highest BCUT2D eigenvalue weighted by Gasteiger charge is 2.38. The number of carboxylic acids is 1. The van der Waals surface area contributed by atoms with Gasteiger partial charge in [0.1, 0.15) is 0 Å². The summed E-state index contributed by atoms with van der Waals surface area (Å²) in [7, 11) is 2.11. The van der Waals surface area contributed by atoms with Gasteiger partial charge in [0.2, 0.25) is 5.91 Å². The van der Waals surface area contributed by atoms with E-state index in [1.54, 1.807) is 0 Å². The lowest BCUT2D eigenvalue weighted by atomic mass is 9.90. The van der Waals surface area contributed by atoms with Crippen molar-refractivity contribution in [3.8, 4) is 11.1 Å². The molecule has 1 saturated heterocycles. The number of carboxylic acid groups (broad SMARTS) is 1. The minimum absolute atomic E-state index is 0.00648. The molecule has 1 fully saturated rings. The van der Waals surface area contributed by atoms with Gasteiger partial charge < -0.3 is 29.9 Å². The molecular formula is C38H43N3O6. The highest BCUT2D eigenvalue weighted by Crippen LogP contribution is 2.42. The number of aliphatic hydroxyl groups excluding tert-OH is 1. The Balaban J connectivity index is 1.29. The van der Waals surface area contributed by atoms with Crippen LogP contribution in [0.2, 0.25) is 0 Å². The lowest BCUT2D eigenvalue weighted by molar-refractivity contribution is -0.275. The second-order valence-corrected chi connectivity index (χ2v) is 12.1. The van der Waals surface area contributed by atoms with Crippen molar-refractivity contribution in [2.45, 2.75) is 57.8 Å². The number of benzene rings is 3. The van der Waals surface area contributed by atoms with Crippen molar-refractivity contribution in [3.63, 3.8) is 0 Å². The van der Waals surface area contributed by atoms with Gasteiger partial charge in [-0.3, -0.25) is 14.6 Å². The van der Waals surface area contributed by atoms with Crippen molar-refractivity contribution >= 4 is 11.9 Å². The third kappa shape index (κ3) is 9.56. The quantitative estimate of drug-likeness (QED) is 0.161. The van der Waals surface area contributed by atoms with Crippen LogP contribution in [0.1, 0.15) is 60.1 Å². The van der Waals surface area contributed by atoms with Crippen molar-refractivity contribution in [3.05, 3.63) is 125 Å². The summed E-state index contributed by atoms with van der Waals surface area (Å²) in [6.07, 6.45) is 1.59. The molecule has 0 bridgehead atoms. The fourth-order valence-electron chi connectivity index (χ4n) is 5.78. The van der Waals surface area contributed by atoms with E-state index in [4.69, 9.17) is 14.6 Å². The van der Waals surface area contributed by atoms with Crippen LogP contribution in [-0.4, -0.2) is 58.2 Å². The normalized spacial score (nSPS) is 19.4. The van der Waals surface area contributed by atoms with Gasteiger partial charge in [0.05, 0.1) is 25.2 Å². The van der Waals surface area contributed by atoms with Gasteiger partial charge in [0.15, 0.2) is 6.29 Å². The van der Waals surface area contributed by atoms with Gasteiger partial charge in [0, 0.05) is 55.8 Å². The molecule has 1 amide bonds. The Morgan fingerprint density at radius 1 is 0.872 bits per heavy atom. The van der Waals surface area contributed by atoms with Gasteiger partial charge in [-0.15, -0.1) is 0 Å². The van der Waals surface area contributed by atoms with E-state index in [0.717, 1.165) is 58.6 Å². The fourth-order valence-corrected chi connectivity index (χ4v) is 5.78. The number of amides is 1. The number of nitrogens with zero attached hydrogens (tertiary/aromatic N) is 2. The maximum atomic E-state index is 12.0. The Bertz CT molecular complexity index is 1600. The van der Waals surface area contributed by atoms with E-state index < -0.39 is 12.3 Å². The number of carbonyl (C=O) groups excluding carboxylic acids is 1. The molecule has 0 radical (unpaired) electrons. The third-order valence-electron chi connectivity index (χ3n) is 8.59. The minimum atomic E-state index is -0.990. The number of hydrogen-bond donors (Lipinski definition) is 3. The summed E-state index contributed by atoms with van der Waals surface area (Å²) >= 11 is 0. The molecule has 9 heteroatoms. The van der Waals surface area contributed by atoms with Crippen molar-refractivity contribution in [2.75, 3.05) is 20.1 Å². The third-order valence-corrected chi connectivity index (χ3v) is 8.59. The van der Waals surface area contributed by atoms with Gasteiger partial charge in [-0.25, -0.2) is 0 Å². The largest absolute Gasteiger partial charge is 0.481 e. The Morgan fingerprint density at radius 2 is 1.64 bits per heavy atom. The lowest BCUT2D eigenvalue weighted by Gasteiger charge is -2.42. The van der Waals surface area contributed by atoms with Crippen molar-refractivity contribution in [1.29, 1.82) is 0 Å². The first kappa shape index (κ1) is 33.9. The molecule has 0 spiro atoms. The zero-order valence-electron chi connectivity index (χ0n) is 26.9. The van der Waals surface area contributed by atoms with E-state index >= 15 is 0 Å². The Hall–Kier alpha value is -4.41. The highest BCUT2D eigenvalue weighted by molar-refractivity contribution is 5.80. The monoisotopic (exact) mass is 637 g/mol. The van der Waals surface area contributed by atoms with Crippen LogP contribution >= 0.6 is 0 Å². The average Bonchev–Trinajstić information content (AvgIpc) is 3.10. The van der Waals surface area contributed by atoms with Crippen LogP contribution in [0.25, 0.3) is 11.1 Å². The summed E-state index contributed by atoms with van der Waals surface area (Å²) in [5.41, 5.74) is 6.82. The Morgan fingerprint density at radius 3 is 2.34 bits per heavy atom.